The topological polar surface area (TPSA) is 51.2 Å². The molecular formula is C13H20N2O2S. The largest absolute Gasteiger partial charge is 0.377 e. The molecular weight excluding hydrogens is 248 g/mol. The molecule has 18 heavy (non-hydrogen) atoms. The maximum Gasteiger partial charge on any atom is 0.270 e. The highest BCUT2D eigenvalue weighted by Gasteiger charge is 2.37. The van der Waals surface area contributed by atoms with Crippen LogP contribution in [0.4, 0.5) is 0 Å². The van der Waals surface area contributed by atoms with Crippen LogP contribution in [0.15, 0.2) is 10.9 Å². The van der Waals surface area contributed by atoms with Gasteiger partial charge in [0.15, 0.2) is 0 Å². The van der Waals surface area contributed by atoms with Gasteiger partial charge in [-0.1, -0.05) is 20.8 Å². The first-order valence-corrected chi connectivity index (χ1v) is 7.21. The van der Waals surface area contributed by atoms with Gasteiger partial charge in [0.1, 0.15) is 5.69 Å². The van der Waals surface area contributed by atoms with Crippen molar-refractivity contribution < 1.29 is 9.53 Å². The third kappa shape index (κ3) is 3.09. The summed E-state index contributed by atoms with van der Waals surface area (Å²) in [5.74, 6) is 0.309. The average Bonchev–Trinajstić information content (AvgIpc) is 2.95. The monoisotopic (exact) mass is 268 g/mol. The van der Waals surface area contributed by atoms with Crippen LogP contribution in [0.2, 0.25) is 0 Å². The molecule has 0 unspecified atom stereocenters. The number of aromatic nitrogens is 1. The number of hydrogen-bond donors (Lipinski definition) is 1. The Hall–Kier alpha value is -0.940. The lowest BCUT2D eigenvalue weighted by atomic mass is 9.81. The molecule has 1 aromatic heterocycles. The Labute approximate surface area is 112 Å². The summed E-state index contributed by atoms with van der Waals surface area (Å²) in [6.07, 6.45) is 1.23. The highest BCUT2D eigenvalue weighted by molar-refractivity contribution is 7.07. The Morgan fingerprint density at radius 3 is 3.00 bits per heavy atom. The third-order valence-electron chi connectivity index (χ3n) is 3.26. The van der Waals surface area contributed by atoms with Gasteiger partial charge in [0, 0.05) is 24.4 Å². The van der Waals surface area contributed by atoms with E-state index in [9.17, 15) is 4.79 Å². The number of hydrogen-bond acceptors (Lipinski definition) is 4. The molecule has 0 aliphatic carbocycles. The molecule has 5 heteroatoms. The maximum atomic E-state index is 11.8. The first-order chi connectivity index (χ1) is 8.48. The highest BCUT2D eigenvalue weighted by Crippen LogP contribution is 2.34. The number of carbonyl (C=O) groups is 1. The maximum absolute atomic E-state index is 11.8. The second kappa shape index (κ2) is 5.36. The molecule has 0 radical (unpaired) electrons. The van der Waals surface area contributed by atoms with Crippen molar-refractivity contribution in [3.63, 3.8) is 0 Å². The van der Waals surface area contributed by atoms with Gasteiger partial charge < -0.3 is 10.1 Å². The van der Waals surface area contributed by atoms with Gasteiger partial charge in [-0.25, -0.2) is 4.98 Å². The molecule has 1 saturated heterocycles. The van der Waals surface area contributed by atoms with Crippen LogP contribution in [-0.2, 0) is 4.74 Å². The van der Waals surface area contributed by atoms with Crippen molar-refractivity contribution in [2.45, 2.75) is 33.3 Å². The first-order valence-electron chi connectivity index (χ1n) is 6.26. The molecule has 0 spiro atoms. The van der Waals surface area contributed by atoms with E-state index >= 15 is 0 Å². The quantitative estimate of drug-likeness (QED) is 0.915. The lowest BCUT2D eigenvalue weighted by molar-refractivity contribution is 0.00736. The fourth-order valence-corrected chi connectivity index (χ4v) is 2.97. The van der Waals surface area contributed by atoms with Crippen molar-refractivity contribution in [3.05, 3.63) is 16.6 Å². The van der Waals surface area contributed by atoms with Crippen LogP contribution in [0.3, 0.4) is 0 Å². The molecule has 0 saturated carbocycles. The van der Waals surface area contributed by atoms with Crippen LogP contribution in [0.25, 0.3) is 0 Å². The molecule has 1 fully saturated rings. The summed E-state index contributed by atoms with van der Waals surface area (Å²) >= 11 is 1.43. The van der Waals surface area contributed by atoms with Crippen LogP contribution in [-0.4, -0.2) is 30.1 Å². The van der Waals surface area contributed by atoms with Crippen molar-refractivity contribution in [3.8, 4) is 0 Å². The fraction of sp³-hybridized carbons (Fsp3) is 0.692. The van der Waals surface area contributed by atoms with Gasteiger partial charge >= 0.3 is 0 Å². The van der Waals surface area contributed by atoms with Crippen molar-refractivity contribution in [2.24, 2.45) is 11.3 Å². The third-order valence-corrected chi connectivity index (χ3v) is 3.84. The molecule has 1 aliphatic heterocycles. The van der Waals surface area contributed by atoms with E-state index in [1.54, 1.807) is 10.9 Å². The Morgan fingerprint density at radius 2 is 2.39 bits per heavy atom. The van der Waals surface area contributed by atoms with Crippen molar-refractivity contribution in [1.82, 2.24) is 10.3 Å². The smallest absolute Gasteiger partial charge is 0.270 e. The van der Waals surface area contributed by atoms with E-state index in [2.05, 4.69) is 31.1 Å². The van der Waals surface area contributed by atoms with Gasteiger partial charge in [0.25, 0.3) is 5.91 Å². The standard InChI is InChI=1S/C13H20N2O2S/c1-13(2,3)11-9(4-5-17-11)6-14-12(16)10-7-18-8-15-10/h7-9,11H,4-6H2,1-3H3,(H,14,16)/t9-,11+/m1/s1. The van der Waals surface area contributed by atoms with Crippen molar-refractivity contribution in [2.75, 3.05) is 13.2 Å². The number of rotatable bonds is 3. The molecule has 0 bridgehead atoms. The zero-order valence-corrected chi connectivity index (χ0v) is 11.9. The van der Waals surface area contributed by atoms with Gasteiger partial charge in [-0.15, -0.1) is 11.3 Å². The summed E-state index contributed by atoms with van der Waals surface area (Å²) in [6, 6.07) is 0. The number of amides is 1. The van der Waals surface area contributed by atoms with Crippen LogP contribution < -0.4 is 5.32 Å². The van der Waals surface area contributed by atoms with E-state index in [1.807, 2.05) is 0 Å². The molecule has 1 aromatic rings. The molecule has 100 valence electrons. The molecule has 1 amide bonds. The minimum Gasteiger partial charge on any atom is -0.377 e. The molecule has 2 rings (SSSR count). The molecule has 2 heterocycles. The number of nitrogens with one attached hydrogen (secondary N) is 1. The summed E-state index contributed by atoms with van der Waals surface area (Å²) in [4.78, 5) is 15.8. The van der Waals surface area contributed by atoms with E-state index < -0.39 is 0 Å². The number of nitrogens with zero attached hydrogens (tertiary/aromatic N) is 1. The van der Waals surface area contributed by atoms with Crippen molar-refractivity contribution in [1.29, 1.82) is 0 Å². The van der Waals surface area contributed by atoms with Gasteiger partial charge in [0.05, 0.1) is 11.6 Å². The SMILES string of the molecule is CC(C)(C)[C@H]1OCC[C@@H]1CNC(=O)c1cscn1. The highest BCUT2D eigenvalue weighted by atomic mass is 32.1. The van der Waals surface area contributed by atoms with E-state index in [1.165, 1.54) is 11.3 Å². The lowest BCUT2D eigenvalue weighted by Crippen LogP contribution is -2.38. The lowest BCUT2D eigenvalue weighted by Gasteiger charge is -2.31. The fourth-order valence-electron chi connectivity index (χ4n) is 2.44. The molecule has 2 atom stereocenters. The van der Waals surface area contributed by atoms with Gasteiger partial charge in [-0.3, -0.25) is 4.79 Å². The van der Waals surface area contributed by atoms with E-state index in [0.717, 1.165) is 13.0 Å². The second-order valence-electron chi connectivity index (χ2n) is 5.79. The zero-order valence-electron chi connectivity index (χ0n) is 11.1. The van der Waals surface area contributed by atoms with Crippen molar-refractivity contribution >= 4 is 17.2 Å². The number of carbonyl (C=O) groups excluding carboxylic acids is 1. The molecule has 4 nitrogen and oxygen atoms in total. The zero-order chi connectivity index (χ0) is 13.2. The van der Waals surface area contributed by atoms with Crippen LogP contribution in [0, 0.1) is 11.3 Å². The van der Waals surface area contributed by atoms with Crippen LogP contribution in [0.1, 0.15) is 37.7 Å². The average molecular weight is 268 g/mol. The predicted octanol–water partition coefficient (Wildman–Crippen LogP) is 2.32. The second-order valence-corrected chi connectivity index (χ2v) is 6.51. The molecule has 1 N–H and O–H groups in total. The minimum absolute atomic E-state index is 0.0872. The Kier molecular flexibility index (Phi) is 4.02. The number of thiazole rings is 1. The van der Waals surface area contributed by atoms with Gasteiger partial charge in [-0.2, -0.15) is 0 Å². The van der Waals surface area contributed by atoms with Crippen LogP contribution in [0.5, 0.6) is 0 Å². The van der Waals surface area contributed by atoms with E-state index in [4.69, 9.17) is 4.74 Å². The van der Waals surface area contributed by atoms with Gasteiger partial charge in [0.2, 0.25) is 0 Å². The Balaban J connectivity index is 1.88. The Bertz CT molecular complexity index is 398. The summed E-state index contributed by atoms with van der Waals surface area (Å²) in [7, 11) is 0. The van der Waals surface area contributed by atoms with Crippen LogP contribution >= 0.6 is 11.3 Å². The molecule has 1 aliphatic rings. The normalized spacial score (nSPS) is 24.2. The first kappa shape index (κ1) is 13.5. The molecule has 0 aromatic carbocycles. The summed E-state index contributed by atoms with van der Waals surface area (Å²) in [5.41, 5.74) is 2.30. The summed E-state index contributed by atoms with van der Waals surface area (Å²) in [5, 5.41) is 4.72. The van der Waals surface area contributed by atoms with Gasteiger partial charge in [-0.05, 0) is 11.8 Å². The Morgan fingerprint density at radius 1 is 1.61 bits per heavy atom. The summed E-state index contributed by atoms with van der Waals surface area (Å²) < 4.78 is 5.79. The van der Waals surface area contributed by atoms with E-state index in [-0.39, 0.29) is 17.4 Å². The predicted molar refractivity (Wildman–Crippen MR) is 71.7 cm³/mol. The summed E-state index contributed by atoms with van der Waals surface area (Å²) in [6.45, 7) is 7.99. The number of ether oxygens (including phenoxy) is 1. The van der Waals surface area contributed by atoms with E-state index in [0.29, 0.717) is 18.2 Å². The minimum atomic E-state index is -0.0872.